The number of carbonyl (C=O) groups excluding carboxylic acids is 4. The summed E-state index contributed by atoms with van der Waals surface area (Å²) in [5.41, 5.74) is 5.12. The molecule has 2 unspecified atom stereocenters. The van der Waals surface area contributed by atoms with E-state index in [0.29, 0.717) is 44.3 Å². The lowest BCUT2D eigenvalue weighted by atomic mass is 9.69. The summed E-state index contributed by atoms with van der Waals surface area (Å²) in [5.74, 6) is -5.49. The summed E-state index contributed by atoms with van der Waals surface area (Å²) in [6.45, 7) is 3.65. The maximum Gasteiger partial charge on any atom is 0.329 e. The summed E-state index contributed by atoms with van der Waals surface area (Å²) < 4.78 is 78.4. The van der Waals surface area contributed by atoms with Crippen molar-refractivity contribution >= 4 is 52.1 Å². The standard InChI is InChI=1S/C56H61ClF4N8O7/c1-30-43-41(26-39(59)47(57)46(43)45-36(51(62)72)13-14-40(48(45)60)75-24-23-70)76-56(30,33-7-4-3-5-8-33)29-63-34-11-9-32(10-12-34)53(73)69-19-6-18-55(69)27-35(28-55)67-20-15-31(16-21-67)44-38(58)25-37-50(49(44)61)66(2)65-52(37)68-22-17-42(71)64-54(68)74/h3-5,7-8,13-14,25-26,30-32,34-35,63,70H,6,9-12,15-24,27-29H2,1-2H3,(H2,62,72)(H,64,71,74). The first-order valence-electron chi connectivity index (χ1n) is 26.4. The van der Waals surface area contributed by atoms with Crippen LogP contribution in [0.1, 0.15) is 116 Å². The highest BCUT2D eigenvalue weighted by Gasteiger charge is 2.56. The summed E-state index contributed by atoms with van der Waals surface area (Å²) >= 11 is 6.74. The molecule has 15 nitrogen and oxygen atoms in total. The van der Waals surface area contributed by atoms with Gasteiger partial charge in [0.2, 0.25) is 17.7 Å². The zero-order chi connectivity index (χ0) is 53.4. The Labute approximate surface area is 442 Å². The average molecular weight is 1070 g/mol. The van der Waals surface area contributed by atoms with E-state index in [2.05, 4.69) is 25.5 Å². The molecule has 5 fully saturated rings. The molecular formula is C56H61ClF4N8O7. The number of urea groups is 1. The van der Waals surface area contributed by atoms with Crippen LogP contribution < -0.4 is 30.7 Å². The van der Waals surface area contributed by atoms with E-state index in [0.717, 1.165) is 50.6 Å². The third-order valence-corrected chi connectivity index (χ3v) is 17.9. The van der Waals surface area contributed by atoms with Crippen LogP contribution in [-0.4, -0.2) is 112 Å². The van der Waals surface area contributed by atoms with Gasteiger partial charge in [-0.2, -0.15) is 5.10 Å². The minimum atomic E-state index is -1.14. The van der Waals surface area contributed by atoms with Gasteiger partial charge in [0.25, 0.3) is 0 Å². The van der Waals surface area contributed by atoms with Gasteiger partial charge in [-0.15, -0.1) is 0 Å². The summed E-state index contributed by atoms with van der Waals surface area (Å²) in [7, 11) is 1.56. The Morgan fingerprint density at radius 3 is 2.37 bits per heavy atom. The number of fused-ring (bicyclic) bond motifs is 2. The lowest BCUT2D eigenvalue weighted by molar-refractivity contribution is -0.147. The Balaban J connectivity index is 0.731. The van der Waals surface area contributed by atoms with Crippen molar-refractivity contribution in [2.45, 2.75) is 113 Å². The molecule has 4 aromatic carbocycles. The molecule has 5 heterocycles. The molecule has 1 aromatic heterocycles. The number of anilines is 1. The third kappa shape index (κ3) is 8.74. The third-order valence-electron chi connectivity index (χ3n) is 17.5. The molecule has 0 radical (unpaired) electrons. The van der Waals surface area contributed by atoms with Crippen LogP contribution >= 0.6 is 11.6 Å². The molecule has 5 aromatic rings. The van der Waals surface area contributed by atoms with Crippen molar-refractivity contribution in [3.8, 4) is 22.6 Å². The Morgan fingerprint density at radius 2 is 1.67 bits per heavy atom. The van der Waals surface area contributed by atoms with Crippen LogP contribution in [0.2, 0.25) is 5.02 Å². The average Bonchev–Trinajstić information content (AvgIpc) is 4.10. The van der Waals surface area contributed by atoms with Crippen molar-refractivity contribution in [3.63, 3.8) is 0 Å². The molecule has 2 aliphatic carbocycles. The van der Waals surface area contributed by atoms with Crippen LogP contribution in [0, 0.1) is 29.2 Å². The first-order chi connectivity index (χ1) is 36.5. The van der Waals surface area contributed by atoms with Gasteiger partial charge < -0.3 is 35.4 Å². The molecular weight excluding hydrogens is 1010 g/mol. The van der Waals surface area contributed by atoms with Crippen LogP contribution in [0.25, 0.3) is 22.0 Å². The number of amides is 5. The van der Waals surface area contributed by atoms with Crippen molar-refractivity contribution in [1.29, 1.82) is 0 Å². The number of hydrogen-bond acceptors (Lipinski definition) is 10. The number of imide groups is 1. The lowest BCUT2D eigenvalue weighted by Gasteiger charge is -2.55. The molecule has 76 heavy (non-hydrogen) atoms. The number of carbonyl (C=O) groups is 4. The van der Waals surface area contributed by atoms with Crippen molar-refractivity contribution < 1.29 is 51.3 Å². The summed E-state index contributed by atoms with van der Waals surface area (Å²) in [4.78, 5) is 57.5. The Kier molecular flexibility index (Phi) is 13.8. The number of nitrogens with zero attached hydrogens (tertiary/aromatic N) is 5. The minimum absolute atomic E-state index is 0.0214. The maximum atomic E-state index is 16.5. The molecule has 5 N–H and O–H groups in total. The van der Waals surface area contributed by atoms with Crippen LogP contribution in [0.15, 0.2) is 54.6 Å². The molecule has 5 amide bonds. The SMILES string of the molecule is CC1c2c(cc(F)c(Cl)c2-c2c(C(N)=O)ccc(OCCO)c2F)OC1(CNC1CCC(C(=O)N2CCCC23CC(N2CCC(c4c(F)cc5c(N6CCC(=O)NC6=O)nn(C)c5c4F)CC2)C3)CC1)c1ccccc1. The number of ether oxygens (including phenoxy) is 2. The highest BCUT2D eigenvalue weighted by molar-refractivity contribution is 6.34. The highest BCUT2D eigenvalue weighted by Crippen LogP contribution is 2.57. The number of nitrogens with two attached hydrogens (primary N) is 1. The fourth-order valence-electron chi connectivity index (χ4n) is 13.6. The predicted molar refractivity (Wildman–Crippen MR) is 275 cm³/mol. The number of nitrogens with one attached hydrogen (secondary N) is 2. The Morgan fingerprint density at radius 1 is 0.934 bits per heavy atom. The van der Waals surface area contributed by atoms with Gasteiger partial charge in [0.15, 0.2) is 28.8 Å². The van der Waals surface area contributed by atoms with Gasteiger partial charge in [0.05, 0.1) is 22.6 Å². The van der Waals surface area contributed by atoms with Gasteiger partial charge in [0, 0.05) is 90.9 Å². The van der Waals surface area contributed by atoms with Gasteiger partial charge in [-0.25, -0.2) is 22.4 Å². The second-order valence-electron chi connectivity index (χ2n) is 21.6. The molecule has 3 saturated heterocycles. The van der Waals surface area contributed by atoms with Crippen LogP contribution in [0.4, 0.5) is 28.2 Å². The number of aliphatic hydroxyl groups is 1. The van der Waals surface area contributed by atoms with Crippen molar-refractivity contribution in [2.75, 3.05) is 50.8 Å². The number of halogens is 5. The topological polar surface area (TPSA) is 185 Å². The second-order valence-corrected chi connectivity index (χ2v) is 22.0. The highest BCUT2D eigenvalue weighted by atomic mass is 35.5. The summed E-state index contributed by atoms with van der Waals surface area (Å²) in [6.07, 6.45) is 7.64. The normalized spacial score (nSPS) is 25.9. The molecule has 6 aliphatic rings. The molecule has 0 bridgehead atoms. The largest absolute Gasteiger partial charge is 0.488 e. The van der Waals surface area contributed by atoms with Gasteiger partial charge >= 0.3 is 6.03 Å². The lowest BCUT2D eigenvalue weighted by Crippen LogP contribution is -2.63. The number of likely N-dealkylation sites (tertiary alicyclic amines) is 2. The number of piperidine rings is 1. The first-order valence-corrected chi connectivity index (χ1v) is 26.8. The van der Waals surface area contributed by atoms with E-state index in [9.17, 15) is 24.3 Å². The van der Waals surface area contributed by atoms with Crippen LogP contribution in [0.5, 0.6) is 11.5 Å². The predicted octanol–water partition coefficient (Wildman–Crippen LogP) is 8.31. The first kappa shape index (κ1) is 51.8. The quantitative estimate of drug-likeness (QED) is 0.0837. The number of rotatable bonds is 13. The van der Waals surface area contributed by atoms with E-state index in [-0.39, 0.29) is 112 Å². The molecule has 20 heteroatoms. The fraction of sp³-hybridized carbons (Fsp3) is 0.482. The number of primary amides is 1. The summed E-state index contributed by atoms with van der Waals surface area (Å²) in [6, 6.07) is 14.1. The molecule has 2 atom stereocenters. The van der Waals surface area contributed by atoms with Crippen molar-refractivity contribution in [1.82, 2.24) is 30.2 Å². The van der Waals surface area contributed by atoms with Crippen molar-refractivity contribution in [3.05, 3.63) is 105 Å². The van der Waals surface area contributed by atoms with Crippen molar-refractivity contribution in [2.24, 2.45) is 18.7 Å². The molecule has 1 spiro atoms. The van der Waals surface area contributed by atoms with Gasteiger partial charge in [-0.3, -0.25) is 29.3 Å². The van der Waals surface area contributed by atoms with E-state index in [1.165, 1.54) is 33.8 Å². The molecule has 402 valence electrons. The van der Waals surface area contributed by atoms with E-state index in [4.69, 9.17) is 26.8 Å². The summed E-state index contributed by atoms with van der Waals surface area (Å²) in [5, 5.41) is 19.5. The van der Waals surface area contributed by atoms with Gasteiger partial charge in [0.1, 0.15) is 29.5 Å². The fourth-order valence-corrected chi connectivity index (χ4v) is 13.8. The number of hydrogen-bond donors (Lipinski definition) is 4. The number of aliphatic hydroxyl groups excluding tert-OH is 1. The number of aromatic nitrogens is 2. The van der Waals surface area contributed by atoms with Gasteiger partial charge in [-0.1, -0.05) is 48.9 Å². The molecule has 4 aliphatic heterocycles. The van der Waals surface area contributed by atoms with Crippen LogP contribution in [-0.2, 0) is 22.2 Å². The zero-order valence-electron chi connectivity index (χ0n) is 42.4. The molecule has 2 saturated carbocycles. The Hall–Kier alpha value is -6.28. The zero-order valence-corrected chi connectivity index (χ0v) is 43.2. The minimum Gasteiger partial charge on any atom is -0.488 e. The smallest absolute Gasteiger partial charge is 0.329 e. The Bertz CT molecular complexity index is 3140. The van der Waals surface area contributed by atoms with E-state index in [1.807, 2.05) is 37.3 Å². The number of benzene rings is 4. The molecule has 11 rings (SSSR count). The monoisotopic (exact) mass is 1070 g/mol. The van der Waals surface area contributed by atoms with E-state index < -0.39 is 64.3 Å². The van der Waals surface area contributed by atoms with E-state index in [1.54, 1.807) is 7.05 Å². The van der Waals surface area contributed by atoms with Crippen LogP contribution in [0.3, 0.4) is 0 Å². The van der Waals surface area contributed by atoms with E-state index >= 15 is 17.6 Å². The second kappa shape index (κ2) is 20.3. The maximum absolute atomic E-state index is 16.5. The van der Waals surface area contributed by atoms with Gasteiger partial charge in [-0.05, 0) is 107 Å². The number of aryl methyl sites for hydroxylation is 1.